The van der Waals surface area contributed by atoms with Gasteiger partial charge in [0.15, 0.2) is 0 Å². The molecule has 5 heteroatoms. The Morgan fingerprint density at radius 2 is 1.61 bits per heavy atom. The fourth-order valence-electron chi connectivity index (χ4n) is 4.23. The lowest BCUT2D eigenvalue weighted by Gasteiger charge is -2.16. The maximum atomic E-state index is 12.3. The number of ether oxygens (including phenoxy) is 1. The van der Waals surface area contributed by atoms with E-state index in [0.717, 1.165) is 33.4 Å². The summed E-state index contributed by atoms with van der Waals surface area (Å²) in [7, 11) is 0. The maximum absolute atomic E-state index is 12.3. The average molecular weight is 415 g/mol. The number of nitrogens with one attached hydrogen (secondary N) is 1. The van der Waals surface area contributed by atoms with Gasteiger partial charge in [0.1, 0.15) is 6.61 Å². The summed E-state index contributed by atoms with van der Waals surface area (Å²) in [6.07, 6.45) is -0.252. The first-order valence-electron chi connectivity index (χ1n) is 10.4. The number of aryl methyl sites for hydroxylation is 1. The molecule has 0 heterocycles. The molecule has 31 heavy (non-hydrogen) atoms. The minimum atomic E-state index is -0.944. The van der Waals surface area contributed by atoms with Crippen LogP contribution in [-0.2, 0) is 16.0 Å². The van der Waals surface area contributed by atoms with Crippen molar-refractivity contribution in [3.05, 3.63) is 95.1 Å². The lowest BCUT2D eigenvalue weighted by Crippen LogP contribution is -2.35. The lowest BCUT2D eigenvalue weighted by atomic mass is 9.98. The molecule has 0 spiro atoms. The van der Waals surface area contributed by atoms with E-state index in [1.54, 1.807) is 0 Å². The number of carboxylic acid groups (broad SMARTS) is 1. The van der Waals surface area contributed by atoms with Gasteiger partial charge < -0.3 is 15.2 Å². The van der Waals surface area contributed by atoms with Crippen LogP contribution in [0.4, 0.5) is 4.79 Å². The number of alkyl carbamates (subject to hydrolysis) is 1. The molecule has 158 valence electrons. The number of hydrogen-bond acceptors (Lipinski definition) is 3. The van der Waals surface area contributed by atoms with Crippen molar-refractivity contribution in [2.45, 2.75) is 19.3 Å². The van der Waals surface area contributed by atoms with Crippen molar-refractivity contribution in [3.8, 4) is 11.1 Å². The third-order valence-corrected chi connectivity index (χ3v) is 5.75. The summed E-state index contributed by atoms with van der Waals surface area (Å²) in [5.41, 5.74) is 6.61. The van der Waals surface area contributed by atoms with Crippen LogP contribution >= 0.6 is 0 Å². The minimum Gasteiger partial charge on any atom is -0.481 e. The lowest BCUT2D eigenvalue weighted by molar-refractivity contribution is -0.141. The number of benzene rings is 3. The van der Waals surface area contributed by atoms with Crippen molar-refractivity contribution < 1.29 is 19.4 Å². The van der Waals surface area contributed by atoms with Gasteiger partial charge in [-0.2, -0.15) is 0 Å². The highest BCUT2D eigenvalue weighted by Gasteiger charge is 2.29. The van der Waals surface area contributed by atoms with Crippen LogP contribution in [0.2, 0.25) is 0 Å². The van der Waals surface area contributed by atoms with E-state index in [2.05, 4.69) is 29.6 Å². The molecule has 4 rings (SSSR count). The van der Waals surface area contributed by atoms with Gasteiger partial charge in [0.25, 0.3) is 0 Å². The van der Waals surface area contributed by atoms with Crippen molar-refractivity contribution in [1.29, 1.82) is 0 Å². The standard InChI is InChI=1S/C26H25NO4/c1-17-7-6-8-18(13-17)14-19(25(28)29)15-27-26(30)31-16-24-22-11-4-2-9-20(22)21-10-3-5-12-23(21)24/h2-13,19,24H,14-16H2,1H3,(H,27,30)(H,28,29)/t19-/m0/s1. The molecule has 0 unspecified atom stereocenters. The Bertz CT molecular complexity index is 1060. The molecule has 0 fully saturated rings. The predicted octanol–water partition coefficient (Wildman–Crippen LogP) is 4.78. The van der Waals surface area contributed by atoms with Crippen LogP contribution in [0.5, 0.6) is 0 Å². The number of carboxylic acids is 1. The Morgan fingerprint density at radius 1 is 0.968 bits per heavy atom. The molecule has 0 aromatic heterocycles. The molecule has 3 aromatic rings. The second kappa shape index (κ2) is 9.04. The summed E-state index contributed by atoms with van der Waals surface area (Å²) in [5, 5.41) is 12.2. The van der Waals surface area contributed by atoms with E-state index >= 15 is 0 Å². The highest BCUT2D eigenvalue weighted by atomic mass is 16.5. The third-order valence-electron chi connectivity index (χ3n) is 5.75. The fraction of sp³-hybridized carbons (Fsp3) is 0.231. The molecule has 0 saturated carbocycles. The molecule has 1 atom stereocenters. The van der Waals surface area contributed by atoms with Crippen LogP contribution in [0.1, 0.15) is 28.2 Å². The Labute approximate surface area is 181 Å². The predicted molar refractivity (Wildman–Crippen MR) is 119 cm³/mol. The van der Waals surface area contributed by atoms with E-state index in [4.69, 9.17) is 4.74 Å². The van der Waals surface area contributed by atoms with Crippen LogP contribution in [0.25, 0.3) is 11.1 Å². The number of carbonyl (C=O) groups excluding carboxylic acids is 1. The van der Waals surface area contributed by atoms with Crippen molar-refractivity contribution >= 4 is 12.1 Å². The van der Waals surface area contributed by atoms with Crippen molar-refractivity contribution in [2.75, 3.05) is 13.2 Å². The van der Waals surface area contributed by atoms with Crippen molar-refractivity contribution in [1.82, 2.24) is 5.32 Å². The van der Waals surface area contributed by atoms with Crippen LogP contribution < -0.4 is 5.32 Å². The van der Waals surface area contributed by atoms with Gasteiger partial charge in [-0.15, -0.1) is 0 Å². The third kappa shape index (κ3) is 4.61. The SMILES string of the molecule is Cc1cccc(C[C@@H](CNC(=O)OCC2c3ccccc3-c3ccccc32)C(=O)O)c1. The number of rotatable bonds is 7. The number of amides is 1. The second-order valence-corrected chi connectivity index (χ2v) is 7.93. The quantitative estimate of drug-likeness (QED) is 0.582. The monoisotopic (exact) mass is 415 g/mol. The largest absolute Gasteiger partial charge is 0.481 e. The van der Waals surface area contributed by atoms with Crippen LogP contribution in [0.15, 0.2) is 72.8 Å². The topological polar surface area (TPSA) is 75.6 Å². The Kier molecular flexibility index (Phi) is 6.03. The van der Waals surface area contributed by atoms with E-state index in [1.807, 2.05) is 55.5 Å². The van der Waals surface area contributed by atoms with Gasteiger partial charge in [0.2, 0.25) is 0 Å². The maximum Gasteiger partial charge on any atom is 0.407 e. The molecule has 1 aliphatic rings. The summed E-state index contributed by atoms with van der Waals surface area (Å²) in [6, 6.07) is 24.0. The van der Waals surface area contributed by atoms with E-state index in [-0.39, 0.29) is 19.1 Å². The Hall–Kier alpha value is -3.60. The summed E-state index contributed by atoms with van der Waals surface area (Å²) >= 11 is 0. The number of hydrogen-bond donors (Lipinski definition) is 2. The van der Waals surface area contributed by atoms with E-state index in [9.17, 15) is 14.7 Å². The van der Waals surface area contributed by atoms with Gasteiger partial charge in [-0.1, -0.05) is 78.4 Å². The van der Waals surface area contributed by atoms with E-state index in [1.165, 1.54) is 0 Å². The zero-order chi connectivity index (χ0) is 21.8. The van der Waals surface area contributed by atoms with Gasteiger partial charge in [-0.25, -0.2) is 4.79 Å². The molecule has 0 aliphatic heterocycles. The zero-order valence-electron chi connectivity index (χ0n) is 17.4. The number of fused-ring (bicyclic) bond motifs is 3. The summed E-state index contributed by atoms with van der Waals surface area (Å²) in [6.45, 7) is 2.18. The second-order valence-electron chi connectivity index (χ2n) is 7.93. The van der Waals surface area contributed by atoms with Gasteiger partial charge in [0.05, 0.1) is 5.92 Å². The molecule has 0 saturated heterocycles. The van der Waals surface area contributed by atoms with Gasteiger partial charge in [-0.05, 0) is 41.2 Å². The van der Waals surface area contributed by atoms with E-state index in [0.29, 0.717) is 6.42 Å². The minimum absolute atomic E-state index is 0.0138. The number of carbonyl (C=O) groups is 2. The fourth-order valence-corrected chi connectivity index (χ4v) is 4.23. The van der Waals surface area contributed by atoms with Gasteiger partial charge >= 0.3 is 12.1 Å². The van der Waals surface area contributed by atoms with Crippen LogP contribution in [-0.4, -0.2) is 30.3 Å². The first-order valence-corrected chi connectivity index (χ1v) is 10.4. The van der Waals surface area contributed by atoms with Crippen molar-refractivity contribution in [3.63, 3.8) is 0 Å². The summed E-state index contributed by atoms with van der Waals surface area (Å²) in [4.78, 5) is 24.0. The molecule has 2 N–H and O–H groups in total. The molecule has 0 bridgehead atoms. The van der Waals surface area contributed by atoms with E-state index < -0.39 is 18.0 Å². The molecule has 1 amide bonds. The van der Waals surface area contributed by atoms with Crippen LogP contribution in [0, 0.1) is 12.8 Å². The normalized spacial score (nSPS) is 13.2. The molecular weight excluding hydrogens is 390 g/mol. The van der Waals surface area contributed by atoms with Gasteiger partial charge in [0, 0.05) is 12.5 Å². The highest BCUT2D eigenvalue weighted by molar-refractivity contribution is 5.79. The molecule has 3 aromatic carbocycles. The summed E-state index contributed by atoms with van der Waals surface area (Å²) < 4.78 is 5.50. The first-order chi connectivity index (χ1) is 15.0. The van der Waals surface area contributed by atoms with Gasteiger partial charge in [-0.3, -0.25) is 4.79 Å². The smallest absolute Gasteiger partial charge is 0.407 e. The Balaban J connectivity index is 1.36. The molecule has 1 aliphatic carbocycles. The molecule has 5 nitrogen and oxygen atoms in total. The highest BCUT2D eigenvalue weighted by Crippen LogP contribution is 2.44. The average Bonchev–Trinajstić information content (AvgIpc) is 3.09. The first kappa shape index (κ1) is 20.7. The molecule has 0 radical (unpaired) electrons. The summed E-state index contributed by atoms with van der Waals surface area (Å²) in [5.74, 6) is -1.69. The Morgan fingerprint density at radius 3 is 2.23 bits per heavy atom. The van der Waals surface area contributed by atoms with Crippen molar-refractivity contribution in [2.24, 2.45) is 5.92 Å². The van der Waals surface area contributed by atoms with Crippen LogP contribution in [0.3, 0.4) is 0 Å². The number of aliphatic carboxylic acids is 1. The molecular formula is C26H25NO4. The zero-order valence-corrected chi connectivity index (χ0v) is 17.4.